The molecule has 0 aliphatic heterocycles. The van der Waals surface area contributed by atoms with Gasteiger partial charge in [0, 0.05) is 22.3 Å². The number of fused-ring (bicyclic) bond motifs is 6. The predicted molar refractivity (Wildman–Crippen MR) is 205 cm³/mol. The van der Waals surface area contributed by atoms with Crippen LogP contribution < -0.4 is 0 Å². The van der Waals surface area contributed by atoms with Crippen molar-refractivity contribution in [2.75, 3.05) is 0 Å². The van der Waals surface area contributed by atoms with E-state index in [1.54, 1.807) is 0 Å². The summed E-state index contributed by atoms with van der Waals surface area (Å²) in [6.07, 6.45) is 0.915. The van der Waals surface area contributed by atoms with E-state index in [0.717, 1.165) is 61.4 Å². The summed E-state index contributed by atoms with van der Waals surface area (Å²) in [5, 5.41) is 6.92. The average molecular weight is 640 g/mol. The Morgan fingerprint density at radius 2 is 0.700 bits per heavy atom. The van der Waals surface area contributed by atoms with E-state index < -0.39 is 0 Å². The minimum atomic E-state index is 0.629. The van der Waals surface area contributed by atoms with Crippen LogP contribution in [0.1, 0.15) is 10.4 Å². The summed E-state index contributed by atoms with van der Waals surface area (Å²) in [7, 11) is 0. The van der Waals surface area contributed by atoms with Crippen LogP contribution in [0.2, 0.25) is 0 Å². The molecule has 0 unspecified atom stereocenters. The fourth-order valence-corrected chi connectivity index (χ4v) is 6.88. The molecule has 0 fully saturated rings. The lowest BCUT2D eigenvalue weighted by Gasteiger charge is -2.13. The molecule has 4 heteroatoms. The number of carbonyl (C=O) groups is 1. The molecular weight excluding hydrogens is 611 g/mol. The van der Waals surface area contributed by atoms with Gasteiger partial charge in [0.15, 0.2) is 17.5 Å². The van der Waals surface area contributed by atoms with Crippen LogP contribution in [0, 0.1) is 0 Å². The molecule has 0 atom stereocenters. The van der Waals surface area contributed by atoms with Gasteiger partial charge in [-0.05, 0) is 78.8 Å². The molecule has 1 aromatic heterocycles. The number of nitrogens with zero attached hydrogens (tertiary/aromatic N) is 3. The van der Waals surface area contributed by atoms with E-state index in [1.807, 2.05) is 72.8 Å². The van der Waals surface area contributed by atoms with Crippen molar-refractivity contribution < 1.29 is 4.79 Å². The summed E-state index contributed by atoms with van der Waals surface area (Å²) < 4.78 is 0. The fourth-order valence-electron chi connectivity index (χ4n) is 6.88. The zero-order valence-corrected chi connectivity index (χ0v) is 27.0. The molecule has 0 aliphatic rings. The highest BCUT2D eigenvalue weighted by molar-refractivity contribution is 6.26. The van der Waals surface area contributed by atoms with Gasteiger partial charge < -0.3 is 0 Å². The first-order valence-corrected chi connectivity index (χ1v) is 16.6. The normalized spacial score (nSPS) is 11.3. The molecule has 8 aromatic carbocycles. The van der Waals surface area contributed by atoms with Crippen molar-refractivity contribution in [1.82, 2.24) is 15.0 Å². The third kappa shape index (κ3) is 5.29. The van der Waals surface area contributed by atoms with Crippen LogP contribution in [-0.2, 0) is 0 Å². The van der Waals surface area contributed by atoms with Crippen LogP contribution in [0.15, 0.2) is 170 Å². The van der Waals surface area contributed by atoms with E-state index in [0.29, 0.717) is 23.0 Å². The Morgan fingerprint density at radius 1 is 0.300 bits per heavy atom. The summed E-state index contributed by atoms with van der Waals surface area (Å²) >= 11 is 0. The summed E-state index contributed by atoms with van der Waals surface area (Å²) in [4.78, 5) is 26.3. The van der Waals surface area contributed by atoms with Gasteiger partial charge in [0.2, 0.25) is 0 Å². The van der Waals surface area contributed by atoms with Crippen LogP contribution in [-0.4, -0.2) is 21.2 Å². The van der Waals surface area contributed by atoms with Gasteiger partial charge in [-0.25, -0.2) is 15.0 Å². The van der Waals surface area contributed by atoms with Crippen LogP contribution in [0.5, 0.6) is 0 Å². The van der Waals surface area contributed by atoms with Gasteiger partial charge in [-0.2, -0.15) is 0 Å². The minimum Gasteiger partial charge on any atom is -0.298 e. The van der Waals surface area contributed by atoms with E-state index in [9.17, 15) is 4.79 Å². The second-order valence-corrected chi connectivity index (χ2v) is 12.4. The van der Waals surface area contributed by atoms with Gasteiger partial charge in [-0.3, -0.25) is 4.79 Å². The first-order valence-electron chi connectivity index (χ1n) is 16.6. The summed E-state index contributed by atoms with van der Waals surface area (Å²) in [5.74, 6) is 1.91. The Labute approximate surface area is 289 Å². The van der Waals surface area contributed by atoms with E-state index in [1.165, 1.54) is 16.2 Å². The third-order valence-corrected chi connectivity index (χ3v) is 9.35. The first-order chi connectivity index (χ1) is 24.7. The minimum absolute atomic E-state index is 0.629. The highest BCUT2D eigenvalue weighted by atomic mass is 16.1. The van der Waals surface area contributed by atoms with Crippen LogP contribution in [0.25, 0.3) is 88.7 Å². The van der Waals surface area contributed by atoms with Gasteiger partial charge in [-0.15, -0.1) is 0 Å². The van der Waals surface area contributed by atoms with E-state index >= 15 is 0 Å². The Morgan fingerprint density at radius 3 is 1.26 bits per heavy atom. The zero-order chi connectivity index (χ0) is 33.4. The van der Waals surface area contributed by atoms with Crippen molar-refractivity contribution in [1.29, 1.82) is 0 Å². The lowest BCUT2D eigenvalue weighted by atomic mass is 9.91. The van der Waals surface area contributed by atoms with E-state index in [2.05, 4.69) is 97.1 Å². The molecule has 9 rings (SSSR count). The lowest BCUT2D eigenvalue weighted by molar-refractivity contribution is 0.112. The second kappa shape index (κ2) is 12.3. The largest absolute Gasteiger partial charge is 0.298 e. The summed E-state index contributed by atoms with van der Waals surface area (Å²) in [6, 6.07) is 58.3. The van der Waals surface area contributed by atoms with Crippen LogP contribution >= 0.6 is 0 Å². The van der Waals surface area contributed by atoms with Crippen molar-refractivity contribution >= 4 is 38.6 Å². The van der Waals surface area contributed by atoms with Gasteiger partial charge in [-0.1, -0.05) is 146 Å². The van der Waals surface area contributed by atoms with E-state index in [4.69, 9.17) is 15.0 Å². The summed E-state index contributed by atoms with van der Waals surface area (Å²) in [6.45, 7) is 0. The second-order valence-electron chi connectivity index (χ2n) is 12.4. The van der Waals surface area contributed by atoms with Crippen molar-refractivity contribution in [2.24, 2.45) is 0 Å². The molecule has 50 heavy (non-hydrogen) atoms. The Hall–Kier alpha value is -6.78. The molecule has 234 valence electrons. The maximum absolute atomic E-state index is 11.6. The van der Waals surface area contributed by atoms with Gasteiger partial charge >= 0.3 is 0 Å². The standard InChI is InChI=1S/C46H29N3O/c50-29-30-21-23-40-41-24-22-36(28-43(41)39-20-8-7-19-38(39)42(40)25-30)34-16-9-15-33(26-34)35-17-10-18-37(27-35)46-48-44(31-11-3-1-4-12-31)47-45(49-46)32-13-5-2-6-14-32/h1-29H. The van der Waals surface area contributed by atoms with Crippen molar-refractivity contribution in [2.45, 2.75) is 0 Å². The van der Waals surface area contributed by atoms with Gasteiger partial charge in [0.1, 0.15) is 6.29 Å². The average Bonchev–Trinajstić information content (AvgIpc) is 3.21. The number of aromatic nitrogens is 3. The number of hydrogen-bond donors (Lipinski definition) is 0. The number of carbonyl (C=O) groups excluding carboxylic acids is 1. The Kier molecular flexibility index (Phi) is 7.25. The molecule has 0 saturated heterocycles. The van der Waals surface area contributed by atoms with Gasteiger partial charge in [0.05, 0.1) is 0 Å². The molecule has 0 N–H and O–H groups in total. The predicted octanol–water partition coefficient (Wildman–Crippen LogP) is 11.5. The molecule has 0 radical (unpaired) electrons. The van der Waals surface area contributed by atoms with Crippen molar-refractivity contribution in [3.8, 4) is 56.4 Å². The molecule has 4 nitrogen and oxygen atoms in total. The summed E-state index contributed by atoms with van der Waals surface area (Å²) in [5.41, 5.74) is 7.95. The third-order valence-electron chi connectivity index (χ3n) is 9.35. The smallest absolute Gasteiger partial charge is 0.164 e. The van der Waals surface area contributed by atoms with Crippen LogP contribution in [0.4, 0.5) is 0 Å². The molecule has 0 saturated carbocycles. The molecule has 0 bridgehead atoms. The molecule has 0 spiro atoms. The molecule has 9 aromatic rings. The number of rotatable bonds is 6. The number of benzene rings is 8. The number of hydrogen-bond acceptors (Lipinski definition) is 4. The van der Waals surface area contributed by atoms with Crippen molar-refractivity contribution in [3.63, 3.8) is 0 Å². The molecular formula is C46H29N3O. The number of aldehydes is 1. The maximum Gasteiger partial charge on any atom is 0.164 e. The van der Waals surface area contributed by atoms with E-state index in [-0.39, 0.29) is 0 Å². The fraction of sp³-hybridized carbons (Fsp3) is 0. The topological polar surface area (TPSA) is 55.7 Å². The Bertz CT molecular complexity index is 2640. The molecule has 1 heterocycles. The monoisotopic (exact) mass is 639 g/mol. The quantitative estimate of drug-likeness (QED) is 0.134. The van der Waals surface area contributed by atoms with Gasteiger partial charge in [0.25, 0.3) is 0 Å². The molecule has 0 aliphatic carbocycles. The maximum atomic E-state index is 11.6. The highest BCUT2D eigenvalue weighted by Crippen LogP contribution is 2.38. The SMILES string of the molecule is O=Cc1ccc2c3ccc(-c4cccc(-c5cccc(-c6nc(-c7ccccc7)nc(-c7ccccc7)n6)c5)c4)cc3c3ccccc3c2c1. The molecule has 0 amide bonds. The first kappa shape index (κ1) is 29.4. The van der Waals surface area contributed by atoms with Crippen LogP contribution in [0.3, 0.4) is 0 Å². The highest BCUT2D eigenvalue weighted by Gasteiger charge is 2.14. The van der Waals surface area contributed by atoms with Crippen molar-refractivity contribution in [3.05, 3.63) is 175 Å². The Balaban J connectivity index is 1.13. The zero-order valence-electron chi connectivity index (χ0n) is 27.0. The lowest BCUT2D eigenvalue weighted by Crippen LogP contribution is -2.00.